The zero-order chi connectivity index (χ0) is 22.0. The molecule has 1 aliphatic heterocycles. The van der Waals surface area contributed by atoms with E-state index >= 15 is 0 Å². The number of methoxy groups -OCH3 is 1. The zero-order valence-corrected chi connectivity index (χ0v) is 17.4. The Morgan fingerprint density at radius 1 is 0.935 bits per heavy atom. The van der Waals surface area contributed by atoms with Crippen molar-refractivity contribution in [1.29, 1.82) is 0 Å². The van der Waals surface area contributed by atoms with E-state index in [9.17, 15) is 19.5 Å². The van der Waals surface area contributed by atoms with Crippen molar-refractivity contribution in [3.63, 3.8) is 0 Å². The topological polar surface area (TPSA) is 93.1 Å². The summed E-state index contributed by atoms with van der Waals surface area (Å²) in [5.74, 6) is -1.46. The number of fused-ring (bicyclic) bond motifs is 1. The number of carbonyl (C=O) groups excluding carboxylic acids is 3. The van der Waals surface area contributed by atoms with Crippen LogP contribution in [0.4, 0.5) is 0 Å². The molecule has 0 aromatic heterocycles. The van der Waals surface area contributed by atoms with Gasteiger partial charge < -0.3 is 14.7 Å². The summed E-state index contributed by atoms with van der Waals surface area (Å²) in [4.78, 5) is 44.2. The van der Waals surface area contributed by atoms with Crippen molar-refractivity contribution in [3.8, 4) is 5.75 Å². The summed E-state index contributed by atoms with van der Waals surface area (Å²) in [6.07, 6.45) is 3.03. The number of imide groups is 1. The number of benzene rings is 2. The molecule has 1 atom stereocenters. The van der Waals surface area contributed by atoms with E-state index < -0.39 is 29.3 Å². The smallest absolute Gasteiger partial charge is 0.342 e. The van der Waals surface area contributed by atoms with E-state index in [0.717, 1.165) is 25.7 Å². The van der Waals surface area contributed by atoms with Gasteiger partial charge in [-0.3, -0.25) is 9.59 Å². The molecule has 1 N–H and O–H groups in total. The molecule has 1 aliphatic carbocycles. The molecule has 2 aliphatic rings. The van der Waals surface area contributed by atoms with E-state index in [2.05, 4.69) is 0 Å². The molecular weight excluding hydrogens is 398 g/mol. The summed E-state index contributed by atoms with van der Waals surface area (Å²) in [5.41, 5.74) is -0.292. The van der Waals surface area contributed by atoms with Crippen LogP contribution in [0.5, 0.6) is 5.75 Å². The van der Waals surface area contributed by atoms with Crippen molar-refractivity contribution >= 4 is 17.8 Å². The number of hydrogen-bond acceptors (Lipinski definition) is 6. The molecule has 1 fully saturated rings. The van der Waals surface area contributed by atoms with Crippen LogP contribution in [0, 0.1) is 5.41 Å². The van der Waals surface area contributed by atoms with Crippen LogP contribution in [-0.4, -0.2) is 35.1 Å². The maximum Gasteiger partial charge on any atom is 0.342 e. The van der Waals surface area contributed by atoms with E-state index in [-0.39, 0.29) is 11.1 Å². The summed E-state index contributed by atoms with van der Waals surface area (Å²) in [6.45, 7) is 0. The Morgan fingerprint density at radius 3 is 2.00 bits per heavy atom. The molecule has 2 aromatic rings. The lowest BCUT2D eigenvalue weighted by Gasteiger charge is -2.35. The number of rotatable bonds is 5. The Labute approximate surface area is 180 Å². The number of hydrogen-bond donors (Lipinski definition) is 1. The van der Waals surface area contributed by atoms with Crippen molar-refractivity contribution < 1.29 is 29.1 Å². The fourth-order valence-corrected chi connectivity index (χ4v) is 4.48. The minimum absolute atomic E-state index is 0.200. The fraction of sp³-hybridized carbons (Fsp3) is 0.375. The minimum atomic E-state index is -1.25. The van der Waals surface area contributed by atoms with Gasteiger partial charge in [-0.2, -0.15) is 0 Å². The summed E-state index contributed by atoms with van der Waals surface area (Å²) in [5, 5.41) is 11.8. The van der Waals surface area contributed by atoms with Crippen LogP contribution in [-0.2, 0) is 9.63 Å². The third-order valence-corrected chi connectivity index (χ3v) is 6.29. The molecule has 0 saturated heterocycles. The van der Waals surface area contributed by atoms with Crippen molar-refractivity contribution in [2.24, 2.45) is 5.41 Å². The molecule has 31 heavy (non-hydrogen) atoms. The molecule has 4 rings (SSSR count). The zero-order valence-electron chi connectivity index (χ0n) is 17.4. The van der Waals surface area contributed by atoms with Crippen LogP contribution >= 0.6 is 0 Å². The van der Waals surface area contributed by atoms with Crippen LogP contribution in [0.25, 0.3) is 0 Å². The molecule has 7 heteroatoms. The van der Waals surface area contributed by atoms with Crippen LogP contribution in [0.15, 0.2) is 48.5 Å². The summed E-state index contributed by atoms with van der Waals surface area (Å²) in [6, 6.07) is 13.2. The van der Waals surface area contributed by atoms with Gasteiger partial charge in [0.15, 0.2) is 0 Å². The first-order chi connectivity index (χ1) is 15.0. The number of hydroxylamine groups is 2. The molecule has 0 bridgehead atoms. The molecular formula is C24H25NO6. The van der Waals surface area contributed by atoms with E-state index in [0.29, 0.717) is 29.2 Å². The largest absolute Gasteiger partial charge is 0.497 e. The summed E-state index contributed by atoms with van der Waals surface area (Å²) >= 11 is 0. The second-order valence-electron chi connectivity index (χ2n) is 8.08. The first-order valence-electron chi connectivity index (χ1n) is 10.5. The molecule has 162 valence electrons. The highest BCUT2D eigenvalue weighted by atomic mass is 16.7. The lowest BCUT2D eigenvalue weighted by molar-refractivity contribution is -0.190. The van der Waals surface area contributed by atoms with Gasteiger partial charge >= 0.3 is 5.97 Å². The van der Waals surface area contributed by atoms with Gasteiger partial charge in [-0.25, -0.2) is 4.79 Å². The third-order valence-electron chi connectivity index (χ3n) is 6.29. The van der Waals surface area contributed by atoms with Gasteiger partial charge in [0.1, 0.15) is 11.2 Å². The van der Waals surface area contributed by atoms with Gasteiger partial charge in [-0.05, 0) is 42.7 Å². The van der Waals surface area contributed by atoms with Crippen molar-refractivity contribution in [1.82, 2.24) is 5.06 Å². The quantitative estimate of drug-likeness (QED) is 0.580. The molecule has 0 radical (unpaired) electrons. The van der Waals surface area contributed by atoms with E-state index in [4.69, 9.17) is 9.57 Å². The van der Waals surface area contributed by atoms with Gasteiger partial charge in [-0.1, -0.05) is 55.0 Å². The van der Waals surface area contributed by atoms with Gasteiger partial charge in [0.2, 0.25) is 0 Å². The number of nitrogens with zero attached hydrogens (tertiary/aromatic N) is 1. The molecule has 1 saturated carbocycles. The lowest BCUT2D eigenvalue weighted by Crippen LogP contribution is -2.44. The van der Waals surface area contributed by atoms with E-state index in [1.54, 1.807) is 43.5 Å². The third kappa shape index (κ3) is 3.70. The SMILES string of the molecule is COc1ccc(C(O)C2(C(=O)ON3C(=O)c4ccccc4C3=O)CCCCCC2)cc1. The number of aliphatic hydroxyl groups is 1. The van der Waals surface area contributed by atoms with Gasteiger partial charge in [0.25, 0.3) is 11.8 Å². The Kier molecular flexibility index (Phi) is 5.78. The highest BCUT2D eigenvalue weighted by Gasteiger charge is 2.50. The van der Waals surface area contributed by atoms with Crippen molar-refractivity contribution in [3.05, 3.63) is 65.2 Å². The number of carbonyl (C=O) groups is 3. The Morgan fingerprint density at radius 2 is 1.48 bits per heavy atom. The van der Waals surface area contributed by atoms with Gasteiger partial charge in [-0.15, -0.1) is 0 Å². The average Bonchev–Trinajstić information content (AvgIpc) is 2.98. The maximum absolute atomic E-state index is 13.5. The molecule has 2 amide bonds. The van der Waals surface area contributed by atoms with Gasteiger partial charge in [0.05, 0.1) is 24.3 Å². The van der Waals surface area contributed by atoms with Crippen LogP contribution < -0.4 is 4.74 Å². The molecule has 1 unspecified atom stereocenters. The predicted molar refractivity (Wildman–Crippen MR) is 111 cm³/mol. The predicted octanol–water partition coefficient (Wildman–Crippen LogP) is 3.82. The number of amides is 2. The standard InChI is InChI=1S/C24H25NO6/c1-30-17-12-10-16(11-13-17)20(26)24(14-6-2-3-7-15-24)23(29)31-25-21(27)18-8-4-5-9-19(18)22(25)28/h4-5,8-13,20,26H,2-3,6-7,14-15H2,1H3. The normalized spacial score (nSPS) is 18.8. The Hall–Kier alpha value is -3.19. The molecule has 1 heterocycles. The number of ether oxygens (including phenoxy) is 1. The van der Waals surface area contributed by atoms with Crippen LogP contribution in [0.3, 0.4) is 0 Å². The fourth-order valence-electron chi connectivity index (χ4n) is 4.48. The average molecular weight is 423 g/mol. The molecule has 0 spiro atoms. The highest BCUT2D eigenvalue weighted by Crippen LogP contribution is 2.47. The molecule has 7 nitrogen and oxygen atoms in total. The first kappa shape index (κ1) is 21.1. The summed E-state index contributed by atoms with van der Waals surface area (Å²) < 4.78 is 5.18. The second-order valence-corrected chi connectivity index (χ2v) is 8.08. The maximum atomic E-state index is 13.5. The van der Waals surface area contributed by atoms with Crippen molar-refractivity contribution in [2.75, 3.05) is 7.11 Å². The van der Waals surface area contributed by atoms with Crippen molar-refractivity contribution in [2.45, 2.75) is 44.6 Å². The highest BCUT2D eigenvalue weighted by molar-refractivity contribution is 6.20. The number of aliphatic hydroxyl groups excluding tert-OH is 1. The van der Waals surface area contributed by atoms with Crippen LogP contribution in [0.1, 0.15) is 70.9 Å². The van der Waals surface area contributed by atoms with E-state index in [1.165, 1.54) is 12.1 Å². The second kappa shape index (κ2) is 8.51. The van der Waals surface area contributed by atoms with Crippen LogP contribution in [0.2, 0.25) is 0 Å². The Balaban J connectivity index is 1.63. The molecule has 2 aromatic carbocycles. The van der Waals surface area contributed by atoms with E-state index in [1.807, 2.05) is 0 Å². The monoisotopic (exact) mass is 423 g/mol. The minimum Gasteiger partial charge on any atom is -0.497 e. The Bertz CT molecular complexity index is 956. The van der Waals surface area contributed by atoms with Gasteiger partial charge in [0, 0.05) is 0 Å². The lowest BCUT2D eigenvalue weighted by atomic mass is 9.73. The summed E-state index contributed by atoms with van der Waals surface area (Å²) in [7, 11) is 1.55. The first-order valence-corrected chi connectivity index (χ1v) is 10.5.